The largest absolute Gasteiger partial charge is 0.479 e. The fourth-order valence-electron chi connectivity index (χ4n) is 2.57. The number of aromatic nitrogens is 2. The molecule has 2 atom stereocenters. The van der Waals surface area contributed by atoms with E-state index in [-0.39, 0.29) is 0 Å². The van der Waals surface area contributed by atoms with Gasteiger partial charge in [0.2, 0.25) is 5.88 Å². The van der Waals surface area contributed by atoms with Crippen molar-refractivity contribution in [1.82, 2.24) is 9.97 Å². The Morgan fingerprint density at radius 1 is 1.35 bits per heavy atom. The molecule has 0 spiro atoms. The van der Waals surface area contributed by atoms with E-state index in [1.54, 1.807) is 7.11 Å². The molecule has 2 saturated heterocycles. The van der Waals surface area contributed by atoms with Crippen molar-refractivity contribution in [3.05, 3.63) is 6.33 Å². The van der Waals surface area contributed by atoms with Crippen LogP contribution in [0, 0.1) is 0 Å². The fourth-order valence-corrected chi connectivity index (χ4v) is 2.57. The lowest BCUT2D eigenvalue weighted by atomic mass is 10.2. The predicted molar refractivity (Wildman–Crippen MR) is 63.1 cm³/mol. The molecule has 0 saturated carbocycles. The van der Waals surface area contributed by atoms with Gasteiger partial charge in [-0.25, -0.2) is 4.98 Å². The lowest BCUT2D eigenvalue weighted by molar-refractivity contribution is 0.0302. The Balaban J connectivity index is 1.89. The van der Waals surface area contributed by atoms with Gasteiger partial charge in [0.05, 0.1) is 19.3 Å². The number of nitrogen functional groups attached to an aromatic ring is 1. The van der Waals surface area contributed by atoms with E-state index in [1.165, 1.54) is 6.33 Å². The molecule has 6 nitrogen and oxygen atoms in total. The summed E-state index contributed by atoms with van der Waals surface area (Å²) in [4.78, 5) is 10.4. The maximum absolute atomic E-state index is 6.00. The monoisotopic (exact) mass is 236 g/mol. The molecule has 2 fully saturated rings. The van der Waals surface area contributed by atoms with E-state index in [1.807, 2.05) is 0 Å². The van der Waals surface area contributed by atoms with Gasteiger partial charge in [-0.15, -0.1) is 0 Å². The van der Waals surface area contributed by atoms with Crippen molar-refractivity contribution < 1.29 is 9.47 Å². The van der Waals surface area contributed by atoms with Gasteiger partial charge in [-0.1, -0.05) is 0 Å². The number of anilines is 2. The molecule has 2 bridgehead atoms. The van der Waals surface area contributed by atoms with Crippen LogP contribution in [0.4, 0.5) is 11.5 Å². The first-order chi connectivity index (χ1) is 8.28. The molecule has 1 aromatic rings. The summed E-state index contributed by atoms with van der Waals surface area (Å²) in [5.41, 5.74) is 6.51. The van der Waals surface area contributed by atoms with Gasteiger partial charge in [-0.2, -0.15) is 4.98 Å². The molecular weight excluding hydrogens is 220 g/mol. The number of fused-ring (bicyclic) bond motifs is 2. The van der Waals surface area contributed by atoms with Gasteiger partial charge in [-0.05, 0) is 12.8 Å². The zero-order valence-corrected chi connectivity index (χ0v) is 9.80. The highest BCUT2D eigenvalue weighted by atomic mass is 16.5. The SMILES string of the molecule is COc1ncnc(N2CC3CCC(C2)O3)c1N. The van der Waals surface area contributed by atoms with E-state index >= 15 is 0 Å². The Kier molecular flexibility index (Phi) is 2.51. The van der Waals surface area contributed by atoms with Crippen LogP contribution >= 0.6 is 0 Å². The number of rotatable bonds is 2. The number of ether oxygens (including phenoxy) is 2. The topological polar surface area (TPSA) is 73.5 Å². The molecule has 0 amide bonds. The van der Waals surface area contributed by atoms with Gasteiger partial charge in [0.15, 0.2) is 5.82 Å². The average Bonchev–Trinajstić information content (AvgIpc) is 2.68. The summed E-state index contributed by atoms with van der Waals surface area (Å²) in [5.74, 6) is 1.20. The van der Waals surface area contributed by atoms with Gasteiger partial charge in [0.25, 0.3) is 0 Å². The first-order valence-electron chi connectivity index (χ1n) is 5.83. The van der Waals surface area contributed by atoms with Crippen LogP contribution in [0.15, 0.2) is 6.33 Å². The highest BCUT2D eigenvalue weighted by molar-refractivity contribution is 5.68. The van der Waals surface area contributed by atoms with Gasteiger partial charge in [0, 0.05) is 13.1 Å². The molecule has 0 aromatic carbocycles. The van der Waals surface area contributed by atoms with Crippen molar-refractivity contribution in [2.45, 2.75) is 25.0 Å². The zero-order valence-electron chi connectivity index (χ0n) is 9.80. The third-order valence-electron chi connectivity index (χ3n) is 3.36. The minimum Gasteiger partial charge on any atom is -0.479 e. The summed E-state index contributed by atoms with van der Waals surface area (Å²) < 4.78 is 10.9. The third-order valence-corrected chi connectivity index (χ3v) is 3.36. The van der Waals surface area contributed by atoms with Crippen LogP contribution in [-0.2, 0) is 4.74 Å². The molecule has 92 valence electrons. The van der Waals surface area contributed by atoms with Crippen molar-refractivity contribution in [3.8, 4) is 5.88 Å². The van der Waals surface area contributed by atoms with E-state index < -0.39 is 0 Å². The Labute approximate surface area is 99.7 Å². The summed E-state index contributed by atoms with van der Waals surface area (Å²) in [5, 5.41) is 0. The van der Waals surface area contributed by atoms with E-state index in [9.17, 15) is 0 Å². The predicted octanol–water partition coefficient (Wildman–Crippen LogP) is 0.435. The van der Waals surface area contributed by atoms with Gasteiger partial charge in [-0.3, -0.25) is 0 Å². The van der Waals surface area contributed by atoms with Gasteiger partial charge < -0.3 is 20.1 Å². The molecule has 3 rings (SSSR count). The summed E-state index contributed by atoms with van der Waals surface area (Å²) in [7, 11) is 1.56. The number of hydrogen-bond donors (Lipinski definition) is 1. The van der Waals surface area contributed by atoms with Crippen LogP contribution in [0.3, 0.4) is 0 Å². The normalized spacial score (nSPS) is 27.2. The highest BCUT2D eigenvalue weighted by Gasteiger charge is 2.35. The molecule has 0 radical (unpaired) electrons. The van der Waals surface area contributed by atoms with Crippen molar-refractivity contribution in [1.29, 1.82) is 0 Å². The number of methoxy groups -OCH3 is 1. The maximum atomic E-state index is 6.00. The van der Waals surface area contributed by atoms with E-state index in [0.717, 1.165) is 31.7 Å². The van der Waals surface area contributed by atoms with Crippen LogP contribution in [0.2, 0.25) is 0 Å². The second kappa shape index (κ2) is 4.03. The standard InChI is InChI=1S/C11H16N4O2/c1-16-11-9(12)10(13-6-14-11)15-4-7-2-3-8(5-15)17-7/h6-8H,2-5,12H2,1H3. The molecule has 2 N–H and O–H groups in total. The number of hydrogen-bond acceptors (Lipinski definition) is 6. The van der Waals surface area contributed by atoms with Crippen molar-refractivity contribution >= 4 is 11.5 Å². The molecule has 17 heavy (non-hydrogen) atoms. The molecule has 2 aliphatic rings. The van der Waals surface area contributed by atoms with Gasteiger partial charge in [0.1, 0.15) is 12.0 Å². The maximum Gasteiger partial charge on any atom is 0.242 e. The number of morpholine rings is 1. The van der Waals surface area contributed by atoms with Crippen LogP contribution < -0.4 is 15.4 Å². The Morgan fingerprint density at radius 3 is 2.71 bits per heavy atom. The Morgan fingerprint density at radius 2 is 2.06 bits per heavy atom. The van der Waals surface area contributed by atoms with E-state index in [4.69, 9.17) is 15.2 Å². The Hall–Kier alpha value is -1.56. The minimum absolute atomic E-state index is 0.314. The van der Waals surface area contributed by atoms with Crippen molar-refractivity contribution in [2.24, 2.45) is 0 Å². The first-order valence-corrected chi connectivity index (χ1v) is 5.83. The molecular formula is C11H16N4O2. The zero-order chi connectivity index (χ0) is 11.8. The summed E-state index contributed by atoms with van der Waals surface area (Å²) in [6, 6.07) is 0. The molecule has 6 heteroatoms. The quantitative estimate of drug-likeness (QED) is 0.803. The molecule has 1 aromatic heterocycles. The first kappa shape index (κ1) is 10.6. The lowest BCUT2D eigenvalue weighted by Crippen LogP contribution is -2.43. The van der Waals surface area contributed by atoms with Crippen molar-refractivity contribution in [2.75, 3.05) is 30.8 Å². The van der Waals surface area contributed by atoms with Crippen LogP contribution in [0.25, 0.3) is 0 Å². The van der Waals surface area contributed by atoms with Crippen LogP contribution in [0.5, 0.6) is 5.88 Å². The van der Waals surface area contributed by atoms with Gasteiger partial charge >= 0.3 is 0 Å². The fraction of sp³-hybridized carbons (Fsp3) is 0.636. The lowest BCUT2D eigenvalue weighted by Gasteiger charge is -2.33. The second-order valence-corrected chi connectivity index (χ2v) is 4.48. The third kappa shape index (κ3) is 1.78. The summed E-state index contributed by atoms with van der Waals surface area (Å²) in [6.07, 6.45) is 4.37. The number of nitrogens with two attached hydrogens (primary N) is 1. The molecule has 0 aliphatic carbocycles. The van der Waals surface area contributed by atoms with Crippen LogP contribution in [-0.4, -0.2) is 42.4 Å². The van der Waals surface area contributed by atoms with E-state index in [0.29, 0.717) is 23.8 Å². The molecule has 2 aliphatic heterocycles. The smallest absolute Gasteiger partial charge is 0.242 e. The summed E-state index contributed by atoms with van der Waals surface area (Å²) >= 11 is 0. The molecule has 3 heterocycles. The van der Waals surface area contributed by atoms with E-state index in [2.05, 4.69) is 14.9 Å². The second-order valence-electron chi connectivity index (χ2n) is 4.48. The van der Waals surface area contributed by atoms with Crippen LogP contribution in [0.1, 0.15) is 12.8 Å². The highest BCUT2D eigenvalue weighted by Crippen LogP contribution is 2.33. The summed E-state index contributed by atoms with van der Waals surface area (Å²) in [6.45, 7) is 1.70. The van der Waals surface area contributed by atoms with Crippen molar-refractivity contribution in [3.63, 3.8) is 0 Å². The minimum atomic E-state index is 0.314. The number of nitrogens with zero attached hydrogens (tertiary/aromatic N) is 3. The average molecular weight is 236 g/mol. The molecule has 2 unspecified atom stereocenters. The Bertz CT molecular complexity index is 414.